The minimum Gasteiger partial charge on any atom is -0.370 e. The van der Waals surface area contributed by atoms with Gasteiger partial charge in [0.05, 0.1) is 0 Å². The Morgan fingerprint density at radius 2 is 2.10 bits per heavy atom. The van der Waals surface area contributed by atoms with Gasteiger partial charge in [-0.25, -0.2) is 9.97 Å². The molecule has 0 radical (unpaired) electrons. The van der Waals surface area contributed by atoms with E-state index >= 15 is 0 Å². The predicted octanol–water partition coefficient (Wildman–Crippen LogP) is 3.62. The van der Waals surface area contributed by atoms with Crippen LogP contribution < -0.4 is 10.6 Å². The van der Waals surface area contributed by atoms with Crippen molar-refractivity contribution >= 4 is 23.4 Å². The normalized spacial score (nSPS) is 19.3. The summed E-state index contributed by atoms with van der Waals surface area (Å²) in [6, 6.07) is 1.71. The van der Waals surface area contributed by atoms with Gasteiger partial charge in [0.1, 0.15) is 11.6 Å². The van der Waals surface area contributed by atoms with E-state index in [0.717, 1.165) is 30.8 Å². The highest BCUT2D eigenvalue weighted by Gasteiger charge is 2.35. The van der Waals surface area contributed by atoms with E-state index in [1.165, 1.54) is 0 Å². The minimum absolute atomic E-state index is 0.166. The number of halogens is 3. The largest absolute Gasteiger partial charge is 0.451 e. The smallest absolute Gasteiger partial charge is 0.370 e. The van der Waals surface area contributed by atoms with Gasteiger partial charge in [-0.05, 0) is 25.0 Å². The Hall–Kier alpha value is -1.18. The van der Waals surface area contributed by atoms with Gasteiger partial charge in [-0.2, -0.15) is 24.9 Å². The zero-order chi connectivity index (χ0) is 15.3. The van der Waals surface area contributed by atoms with Gasteiger partial charge < -0.3 is 10.6 Å². The fraction of sp³-hybridized carbons (Fsp3) is 0.692. The Kier molecular flexibility index (Phi) is 5.55. The number of nitrogens with one attached hydrogen (secondary N) is 2. The lowest BCUT2D eigenvalue weighted by molar-refractivity contribution is -0.144. The molecule has 2 N–H and O–H groups in total. The Balaban J connectivity index is 2.17. The molecule has 1 aliphatic heterocycles. The summed E-state index contributed by atoms with van der Waals surface area (Å²) in [6.45, 7) is 2.52. The van der Waals surface area contributed by atoms with Crippen molar-refractivity contribution in [1.29, 1.82) is 0 Å². The molecule has 8 heteroatoms. The van der Waals surface area contributed by atoms with Crippen LogP contribution in [0.4, 0.5) is 24.8 Å². The molecule has 2 rings (SSSR count). The molecule has 1 unspecified atom stereocenters. The molecule has 2 heterocycles. The average Bonchev–Trinajstić information content (AvgIpc) is 2.45. The Morgan fingerprint density at radius 1 is 1.33 bits per heavy atom. The van der Waals surface area contributed by atoms with Gasteiger partial charge >= 0.3 is 6.18 Å². The minimum atomic E-state index is -4.54. The van der Waals surface area contributed by atoms with Crippen LogP contribution in [0.3, 0.4) is 0 Å². The van der Waals surface area contributed by atoms with Gasteiger partial charge in [0.2, 0.25) is 5.82 Å². The Bertz CT molecular complexity index is 461. The molecule has 1 aromatic heterocycles. The fourth-order valence-corrected chi connectivity index (χ4v) is 3.13. The molecular weight excluding hydrogens is 301 g/mol. The summed E-state index contributed by atoms with van der Waals surface area (Å²) < 4.78 is 38.6. The van der Waals surface area contributed by atoms with E-state index in [9.17, 15) is 13.2 Å². The molecule has 0 spiro atoms. The molecule has 1 aliphatic rings. The predicted molar refractivity (Wildman–Crippen MR) is 79.8 cm³/mol. The first-order valence-electron chi connectivity index (χ1n) is 7.03. The van der Waals surface area contributed by atoms with E-state index in [-0.39, 0.29) is 17.7 Å². The van der Waals surface area contributed by atoms with Gasteiger partial charge in [-0.3, -0.25) is 0 Å². The zero-order valence-electron chi connectivity index (χ0n) is 11.8. The van der Waals surface area contributed by atoms with E-state index in [0.29, 0.717) is 6.54 Å². The third-order valence-electron chi connectivity index (χ3n) is 3.05. The van der Waals surface area contributed by atoms with Crippen LogP contribution in [0.25, 0.3) is 0 Å². The van der Waals surface area contributed by atoms with Crippen LogP contribution in [0.15, 0.2) is 6.07 Å². The molecule has 1 saturated heterocycles. The van der Waals surface area contributed by atoms with E-state index in [4.69, 9.17) is 0 Å². The Labute approximate surface area is 126 Å². The van der Waals surface area contributed by atoms with Gasteiger partial charge in [0.25, 0.3) is 0 Å². The molecule has 0 saturated carbocycles. The molecule has 1 aromatic rings. The first-order chi connectivity index (χ1) is 9.99. The molecule has 21 heavy (non-hydrogen) atoms. The maximum atomic E-state index is 12.9. The van der Waals surface area contributed by atoms with E-state index in [2.05, 4.69) is 20.6 Å². The maximum absolute atomic E-state index is 12.9. The standard InChI is InChI=1S/C13H19F3N4S/c1-2-5-17-10-7-11(18-9-4-3-6-21-8-9)20-12(19-10)13(14,15)16/h7,9H,2-6,8H2,1H3,(H2,17,18,19,20). The lowest BCUT2D eigenvalue weighted by atomic mass is 10.2. The second kappa shape index (κ2) is 7.20. The fourth-order valence-electron chi connectivity index (χ4n) is 2.06. The third kappa shape index (κ3) is 4.94. The number of thioether (sulfide) groups is 1. The molecule has 1 atom stereocenters. The monoisotopic (exact) mass is 320 g/mol. The highest BCUT2D eigenvalue weighted by molar-refractivity contribution is 7.99. The van der Waals surface area contributed by atoms with Crippen LogP contribution in [0, 0.1) is 0 Å². The van der Waals surface area contributed by atoms with Crippen molar-refractivity contribution in [3.05, 3.63) is 11.9 Å². The summed E-state index contributed by atoms with van der Waals surface area (Å²) in [5, 5.41) is 5.99. The van der Waals surface area contributed by atoms with Crippen molar-refractivity contribution in [1.82, 2.24) is 9.97 Å². The first kappa shape index (κ1) is 16.2. The second-order valence-corrected chi connectivity index (χ2v) is 6.09. The number of nitrogens with zero attached hydrogens (tertiary/aromatic N) is 2. The van der Waals surface area contributed by atoms with Crippen LogP contribution in [0.2, 0.25) is 0 Å². The summed E-state index contributed by atoms with van der Waals surface area (Å²) in [6.07, 6.45) is -1.70. The molecule has 0 amide bonds. The summed E-state index contributed by atoms with van der Waals surface area (Å²) in [7, 11) is 0. The zero-order valence-corrected chi connectivity index (χ0v) is 12.7. The van der Waals surface area contributed by atoms with Crippen molar-refractivity contribution in [3.8, 4) is 0 Å². The number of hydrogen-bond donors (Lipinski definition) is 2. The lowest BCUT2D eigenvalue weighted by Gasteiger charge is -2.23. The van der Waals surface area contributed by atoms with E-state index < -0.39 is 12.0 Å². The topological polar surface area (TPSA) is 49.8 Å². The summed E-state index contributed by atoms with van der Waals surface area (Å²) in [4.78, 5) is 7.15. The first-order valence-corrected chi connectivity index (χ1v) is 8.19. The quantitative estimate of drug-likeness (QED) is 0.868. The van der Waals surface area contributed by atoms with Crippen LogP contribution in [-0.4, -0.2) is 34.1 Å². The highest BCUT2D eigenvalue weighted by Crippen LogP contribution is 2.29. The van der Waals surface area contributed by atoms with Crippen molar-refractivity contribution in [2.24, 2.45) is 0 Å². The number of alkyl halides is 3. The maximum Gasteiger partial charge on any atom is 0.451 e. The Morgan fingerprint density at radius 3 is 2.71 bits per heavy atom. The summed E-state index contributed by atoms with van der Waals surface area (Å²) in [5.74, 6) is 1.35. The highest BCUT2D eigenvalue weighted by atomic mass is 32.2. The number of rotatable bonds is 5. The molecule has 0 bridgehead atoms. The number of hydrogen-bond acceptors (Lipinski definition) is 5. The average molecular weight is 320 g/mol. The lowest BCUT2D eigenvalue weighted by Crippen LogP contribution is -2.27. The van der Waals surface area contributed by atoms with Gasteiger partial charge in [0, 0.05) is 24.4 Å². The third-order valence-corrected chi connectivity index (χ3v) is 4.26. The van der Waals surface area contributed by atoms with Gasteiger partial charge in [-0.15, -0.1) is 0 Å². The molecule has 1 fully saturated rings. The summed E-state index contributed by atoms with van der Waals surface area (Å²) >= 11 is 1.81. The number of anilines is 2. The van der Waals surface area contributed by atoms with Gasteiger partial charge in [-0.1, -0.05) is 6.92 Å². The van der Waals surface area contributed by atoms with E-state index in [1.54, 1.807) is 17.8 Å². The van der Waals surface area contributed by atoms with Crippen molar-refractivity contribution in [2.75, 3.05) is 28.7 Å². The molecule has 4 nitrogen and oxygen atoms in total. The van der Waals surface area contributed by atoms with Crippen molar-refractivity contribution in [3.63, 3.8) is 0 Å². The van der Waals surface area contributed by atoms with Crippen molar-refractivity contribution < 1.29 is 13.2 Å². The molecular formula is C13H19F3N4S. The molecule has 118 valence electrons. The SMILES string of the molecule is CCCNc1cc(NC2CCCSC2)nc(C(F)(F)F)n1. The molecule has 0 aliphatic carbocycles. The van der Waals surface area contributed by atoms with Crippen LogP contribution >= 0.6 is 11.8 Å². The second-order valence-electron chi connectivity index (χ2n) is 4.94. The van der Waals surface area contributed by atoms with Gasteiger partial charge in [0.15, 0.2) is 0 Å². The van der Waals surface area contributed by atoms with E-state index in [1.807, 2.05) is 6.92 Å². The number of aromatic nitrogens is 2. The van der Waals surface area contributed by atoms with Crippen LogP contribution in [-0.2, 0) is 6.18 Å². The van der Waals surface area contributed by atoms with Crippen molar-refractivity contribution in [2.45, 2.75) is 38.4 Å². The molecule has 0 aromatic carbocycles. The van der Waals surface area contributed by atoms with Crippen LogP contribution in [0.5, 0.6) is 0 Å². The summed E-state index contributed by atoms with van der Waals surface area (Å²) in [5.41, 5.74) is 0. The van der Waals surface area contributed by atoms with Crippen LogP contribution in [0.1, 0.15) is 32.0 Å².